The van der Waals surface area contributed by atoms with Crippen LogP contribution in [0.1, 0.15) is 30.0 Å². The number of rotatable bonds is 7. The van der Waals surface area contributed by atoms with Gasteiger partial charge in [-0.05, 0) is 42.5 Å². The summed E-state index contributed by atoms with van der Waals surface area (Å²) in [5.41, 5.74) is 1.63. The van der Waals surface area contributed by atoms with E-state index in [-0.39, 0.29) is 48.2 Å². The molecule has 1 heterocycles. The lowest BCUT2D eigenvalue weighted by atomic mass is 9.84. The van der Waals surface area contributed by atoms with Crippen molar-refractivity contribution in [3.8, 4) is 11.5 Å². The van der Waals surface area contributed by atoms with Gasteiger partial charge in [0.05, 0.1) is 20.1 Å². The van der Waals surface area contributed by atoms with Crippen molar-refractivity contribution in [2.75, 3.05) is 14.2 Å². The van der Waals surface area contributed by atoms with Crippen LogP contribution in [0.4, 0.5) is 13.2 Å². The summed E-state index contributed by atoms with van der Waals surface area (Å²) in [4.78, 5) is 12.3. The molecule has 4 rings (SSSR count). The van der Waals surface area contributed by atoms with Gasteiger partial charge in [0.15, 0.2) is 0 Å². The van der Waals surface area contributed by atoms with Crippen LogP contribution in [-0.2, 0) is 16.1 Å². The number of piperidine rings is 1. The highest BCUT2D eigenvalue weighted by molar-refractivity contribution is 5.73. The maximum Gasteiger partial charge on any atom is 0.573 e. The smallest absolute Gasteiger partial charge is 0.496 e. The van der Waals surface area contributed by atoms with Gasteiger partial charge in [0, 0.05) is 30.2 Å². The summed E-state index contributed by atoms with van der Waals surface area (Å²) in [5.74, 6) is -0.0784. The highest BCUT2D eigenvalue weighted by Crippen LogP contribution is 2.43. The first-order valence-corrected chi connectivity index (χ1v) is 10.8. The fraction of sp³-hybridized carbons (Fsp3) is 0.458. The Morgan fingerprint density at radius 2 is 1.88 bits per heavy atom. The van der Waals surface area contributed by atoms with E-state index in [2.05, 4.69) is 15.4 Å². The molecule has 33 heavy (non-hydrogen) atoms. The van der Waals surface area contributed by atoms with Crippen LogP contribution >= 0.6 is 0 Å². The Kier molecular flexibility index (Phi) is 6.81. The molecule has 6 nitrogen and oxygen atoms in total. The number of alkyl halides is 3. The van der Waals surface area contributed by atoms with Gasteiger partial charge in [-0.2, -0.15) is 0 Å². The minimum absolute atomic E-state index is 0.0174. The Labute approximate surface area is 190 Å². The zero-order valence-corrected chi connectivity index (χ0v) is 18.4. The number of fused-ring (bicyclic) bond motifs is 2. The molecule has 0 spiro atoms. The zero-order chi connectivity index (χ0) is 23.6. The lowest BCUT2D eigenvalue weighted by molar-refractivity contribution is -0.274. The molecule has 2 bridgehead atoms. The molecule has 0 amide bonds. The van der Waals surface area contributed by atoms with Gasteiger partial charge < -0.3 is 24.8 Å². The van der Waals surface area contributed by atoms with Crippen molar-refractivity contribution >= 4 is 5.97 Å². The van der Waals surface area contributed by atoms with Crippen molar-refractivity contribution in [3.63, 3.8) is 0 Å². The number of hydrogen-bond donors (Lipinski definition) is 2. The molecule has 1 aliphatic heterocycles. The van der Waals surface area contributed by atoms with Gasteiger partial charge in [-0.25, -0.2) is 0 Å². The van der Waals surface area contributed by atoms with Crippen molar-refractivity contribution in [1.82, 2.24) is 10.6 Å². The van der Waals surface area contributed by atoms with E-state index < -0.39 is 6.36 Å². The van der Waals surface area contributed by atoms with E-state index in [9.17, 15) is 18.0 Å². The molecule has 2 fully saturated rings. The third-order valence-electron chi connectivity index (χ3n) is 6.54. The lowest BCUT2D eigenvalue weighted by Gasteiger charge is -2.39. The average Bonchev–Trinajstić information content (AvgIpc) is 3.14. The van der Waals surface area contributed by atoms with E-state index in [1.165, 1.54) is 32.4 Å². The number of carbonyl (C=O) groups is 1. The number of halogens is 3. The number of methoxy groups -OCH3 is 2. The number of esters is 1. The Bertz CT molecular complexity index is 970. The summed E-state index contributed by atoms with van der Waals surface area (Å²) in [6.45, 7) is 0.276. The summed E-state index contributed by atoms with van der Waals surface area (Å²) in [5, 5.41) is 7.14. The standard InChI is InChI=1S/C24H27F3N2O4/c1-31-20-9-8-17(33-24(25,26)27)10-16(20)13-28-21-15-11-18(23(30)32-2)19(12-15)29-22(21)14-6-4-3-5-7-14/h3-10,15,18-19,21-22,28-29H,11-13H2,1-2H3. The first-order valence-electron chi connectivity index (χ1n) is 10.8. The summed E-state index contributed by atoms with van der Waals surface area (Å²) < 4.78 is 52.5. The maximum atomic E-state index is 12.7. The van der Waals surface area contributed by atoms with Gasteiger partial charge in [-0.3, -0.25) is 4.79 Å². The molecule has 178 valence electrons. The van der Waals surface area contributed by atoms with E-state index in [4.69, 9.17) is 9.47 Å². The lowest BCUT2D eigenvalue weighted by Crippen LogP contribution is -2.52. The van der Waals surface area contributed by atoms with E-state index >= 15 is 0 Å². The Morgan fingerprint density at radius 1 is 1.12 bits per heavy atom. The molecule has 2 aromatic rings. The van der Waals surface area contributed by atoms with Gasteiger partial charge in [-0.1, -0.05) is 30.3 Å². The maximum absolute atomic E-state index is 12.7. The van der Waals surface area contributed by atoms with Crippen LogP contribution in [0, 0.1) is 11.8 Å². The molecule has 2 aliphatic rings. The molecular weight excluding hydrogens is 437 g/mol. The quantitative estimate of drug-likeness (QED) is 0.605. The highest BCUT2D eigenvalue weighted by atomic mass is 19.4. The fourth-order valence-electron chi connectivity index (χ4n) is 5.14. The molecule has 0 radical (unpaired) electrons. The molecule has 5 unspecified atom stereocenters. The average molecular weight is 464 g/mol. The summed E-state index contributed by atoms with van der Waals surface area (Å²) in [6.07, 6.45) is -3.28. The normalized spacial score (nSPS) is 26.6. The molecule has 1 saturated heterocycles. The molecule has 9 heteroatoms. The topological polar surface area (TPSA) is 68.8 Å². The molecule has 5 atom stereocenters. The van der Waals surface area contributed by atoms with Crippen molar-refractivity contribution in [2.45, 2.75) is 43.9 Å². The number of ether oxygens (including phenoxy) is 3. The number of carbonyl (C=O) groups excluding carboxylic acids is 1. The van der Waals surface area contributed by atoms with Crippen LogP contribution in [-0.4, -0.2) is 38.6 Å². The van der Waals surface area contributed by atoms with Gasteiger partial charge in [0.25, 0.3) is 0 Å². The first-order chi connectivity index (χ1) is 15.8. The minimum Gasteiger partial charge on any atom is -0.496 e. The van der Waals surface area contributed by atoms with E-state index in [0.717, 1.165) is 12.0 Å². The van der Waals surface area contributed by atoms with Gasteiger partial charge >= 0.3 is 12.3 Å². The SMILES string of the molecule is COC(=O)C1CC2CC1NC(c1ccccc1)C2NCc1cc(OC(F)(F)F)ccc1OC. The highest BCUT2D eigenvalue weighted by Gasteiger charge is 2.49. The molecule has 1 saturated carbocycles. The molecule has 0 aromatic heterocycles. The van der Waals surface area contributed by atoms with Crippen LogP contribution in [0.3, 0.4) is 0 Å². The number of benzene rings is 2. The second kappa shape index (κ2) is 9.61. The van der Waals surface area contributed by atoms with E-state index in [1.807, 2.05) is 30.3 Å². The third kappa shape index (κ3) is 5.25. The predicted octanol–water partition coefficient (Wildman–Crippen LogP) is 3.96. The summed E-state index contributed by atoms with van der Waals surface area (Å²) in [6, 6.07) is 13.9. The monoisotopic (exact) mass is 464 g/mol. The van der Waals surface area contributed by atoms with Crippen molar-refractivity contribution in [2.24, 2.45) is 11.8 Å². The van der Waals surface area contributed by atoms with E-state index in [1.54, 1.807) is 0 Å². The third-order valence-corrected chi connectivity index (χ3v) is 6.54. The first kappa shape index (κ1) is 23.4. The summed E-state index contributed by atoms with van der Waals surface area (Å²) >= 11 is 0. The summed E-state index contributed by atoms with van der Waals surface area (Å²) in [7, 11) is 2.87. The van der Waals surface area contributed by atoms with Crippen LogP contribution in [0.2, 0.25) is 0 Å². The fourth-order valence-corrected chi connectivity index (χ4v) is 5.14. The Morgan fingerprint density at radius 3 is 2.55 bits per heavy atom. The largest absolute Gasteiger partial charge is 0.573 e. The molecular formula is C24H27F3N2O4. The minimum atomic E-state index is -4.77. The second-order valence-electron chi connectivity index (χ2n) is 8.45. The van der Waals surface area contributed by atoms with Crippen molar-refractivity contribution in [1.29, 1.82) is 0 Å². The zero-order valence-electron chi connectivity index (χ0n) is 18.4. The van der Waals surface area contributed by atoms with Gasteiger partial charge in [0.2, 0.25) is 0 Å². The van der Waals surface area contributed by atoms with Crippen LogP contribution in [0.15, 0.2) is 48.5 Å². The Balaban J connectivity index is 1.57. The predicted molar refractivity (Wildman–Crippen MR) is 115 cm³/mol. The van der Waals surface area contributed by atoms with Crippen LogP contribution in [0.25, 0.3) is 0 Å². The number of hydrogen-bond acceptors (Lipinski definition) is 6. The Hall–Kier alpha value is -2.78. The second-order valence-corrected chi connectivity index (χ2v) is 8.45. The van der Waals surface area contributed by atoms with Crippen molar-refractivity contribution in [3.05, 3.63) is 59.7 Å². The molecule has 1 aliphatic carbocycles. The van der Waals surface area contributed by atoms with Gasteiger partial charge in [0.1, 0.15) is 11.5 Å². The van der Waals surface area contributed by atoms with Crippen LogP contribution < -0.4 is 20.1 Å². The van der Waals surface area contributed by atoms with Crippen molar-refractivity contribution < 1.29 is 32.2 Å². The molecule has 2 N–H and O–H groups in total. The molecule has 2 aromatic carbocycles. The van der Waals surface area contributed by atoms with E-state index in [0.29, 0.717) is 17.7 Å². The van der Waals surface area contributed by atoms with Crippen LogP contribution in [0.5, 0.6) is 11.5 Å². The van der Waals surface area contributed by atoms with Gasteiger partial charge in [-0.15, -0.1) is 13.2 Å². The number of nitrogens with one attached hydrogen (secondary N) is 2.